The molecule has 0 N–H and O–H groups in total. The van der Waals surface area contributed by atoms with Crippen molar-refractivity contribution in [3.63, 3.8) is 0 Å². The van der Waals surface area contributed by atoms with Crippen molar-refractivity contribution in [2.24, 2.45) is 0 Å². The quantitative estimate of drug-likeness (QED) is 0.400. The van der Waals surface area contributed by atoms with E-state index in [1.807, 2.05) is 0 Å². The molecule has 0 aliphatic heterocycles. The van der Waals surface area contributed by atoms with Crippen LogP contribution in [0.3, 0.4) is 0 Å². The Labute approximate surface area is 79.8 Å². The van der Waals surface area contributed by atoms with Gasteiger partial charge in [-0.05, 0) is 0 Å². The van der Waals surface area contributed by atoms with E-state index in [1.54, 1.807) is 6.04 Å². The maximum atomic E-state index is 2.41. The Balaban J connectivity index is 3.76. The second-order valence-corrected chi connectivity index (χ2v) is 9.64. The van der Waals surface area contributed by atoms with E-state index >= 15 is 0 Å². The molecule has 0 amide bonds. The lowest BCUT2D eigenvalue weighted by atomic mass is 10.3. The Morgan fingerprint density at radius 3 is 1.58 bits per heavy atom. The topological polar surface area (TPSA) is 0 Å². The molecule has 0 aromatic rings. The van der Waals surface area contributed by atoms with E-state index in [9.17, 15) is 0 Å². The Kier molecular flexibility index (Phi) is 6.82. The van der Waals surface area contributed by atoms with E-state index in [0.717, 1.165) is 0 Å². The Hall–Kier alpha value is 0.217. The Bertz CT molecular complexity index is 86.9. The van der Waals surface area contributed by atoms with Gasteiger partial charge in [-0.3, -0.25) is 0 Å². The SMILES string of the molecule is CCCCC[Si](CC)(CC)CC. The third-order valence-corrected chi connectivity index (χ3v) is 9.47. The average molecular weight is 186 g/mol. The minimum atomic E-state index is -0.755. The van der Waals surface area contributed by atoms with Crippen molar-refractivity contribution in [3.8, 4) is 0 Å². The lowest BCUT2D eigenvalue weighted by molar-refractivity contribution is 0.756. The molecule has 0 rings (SSSR count). The maximum Gasteiger partial charge on any atom is 0.0527 e. The predicted molar refractivity (Wildman–Crippen MR) is 61.5 cm³/mol. The first-order chi connectivity index (χ1) is 5.74. The number of rotatable bonds is 7. The normalized spacial score (nSPS) is 12.0. The average Bonchev–Trinajstić information content (AvgIpc) is 2.14. The lowest BCUT2D eigenvalue weighted by Gasteiger charge is -2.27. The van der Waals surface area contributed by atoms with E-state index < -0.39 is 8.07 Å². The molecule has 0 saturated carbocycles. The van der Waals surface area contributed by atoms with E-state index in [2.05, 4.69) is 27.7 Å². The first kappa shape index (κ1) is 12.2. The first-order valence-corrected chi connectivity index (χ1v) is 8.57. The van der Waals surface area contributed by atoms with Crippen LogP contribution in [0.1, 0.15) is 47.0 Å². The van der Waals surface area contributed by atoms with Gasteiger partial charge in [0.15, 0.2) is 0 Å². The van der Waals surface area contributed by atoms with Crippen molar-refractivity contribution in [2.45, 2.75) is 71.1 Å². The highest BCUT2D eigenvalue weighted by molar-refractivity contribution is 6.79. The van der Waals surface area contributed by atoms with Crippen molar-refractivity contribution >= 4 is 8.07 Å². The van der Waals surface area contributed by atoms with E-state index in [4.69, 9.17) is 0 Å². The smallest absolute Gasteiger partial charge is 0.0527 e. The fraction of sp³-hybridized carbons (Fsp3) is 1.00. The van der Waals surface area contributed by atoms with Crippen molar-refractivity contribution < 1.29 is 0 Å². The van der Waals surface area contributed by atoms with Crippen LogP contribution in [0, 0.1) is 0 Å². The van der Waals surface area contributed by atoms with Gasteiger partial charge in [0.1, 0.15) is 0 Å². The van der Waals surface area contributed by atoms with Crippen LogP contribution in [0.2, 0.25) is 24.2 Å². The molecule has 0 aromatic carbocycles. The van der Waals surface area contributed by atoms with E-state index in [-0.39, 0.29) is 0 Å². The molecular formula is C11H26Si. The molecule has 74 valence electrons. The van der Waals surface area contributed by atoms with Crippen LogP contribution < -0.4 is 0 Å². The Morgan fingerprint density at radius 2 is 1.25 bits per heavy atom. The molecule has 1 heteroatoms. The van der Waals surface area contributed by atoms with Gasteiger partial charge in [0, 0.05) is 0 Å². The highest BCUT2D eigenvalue weighted by atomic mass is 28.3. The van der Waals surface area contributed by atoms with Gasteiger partial charge in [0.25, 0.3) is 0 Å². The highest BCUT2D eigenvalue weighted by Crippen LogP contribution is 2.27. The summed E-state index contributed by atoms with van der Waals surface area (Å²) >= 11 is 0. The summed E-state index contributed by atoms with van der Waals surface area (Å²) in [7, 11) is -0.755. The molecule has 0 saturated heterocycles. The molecule has 12 heavy (non-hydrogen) atoms. The van der Waals surface area contributed by atoms with Crippen LogP contribution in [0.25, 0.3) is 0 Å². The standard InChI is InChI=1S/C11H26Si/c1-5-9-10-11-12(6-2,7-3)8-4/h5-11H2,1-4H3. The Morgan fingerprint density at radius 1 is 0.750 bits per heavy atom. The molecule has 0 heterocycles. The van der Waals surface area contributed by atoms with Gasteiger partial charge in [0.2, 0.25) is 0 Å². The van der Waals surface area contributed by atoms with Crippen LogP contribution in [-0.4, -0.2) is 8.07 Å². The predicted octanol–water partition coefficient (Wildman–Crippen LogP) is 4.69. The summed E-state index contributed by atoms with van der Waals surface area (Å²) in [5.74, 6) is 0. The molecule has 0 radical (unpaired) electrons. The summed E-state index contributed by atoms with van der Waals surface area (Å²) < 4.78 is 0. The van der Waals surface area contributed by atoms with Crippen molar-refractivity contribution in [1.82, 2.24) is 0 Å². The van der Waals surface area contributed by atoms with Gasteiger partial charge >= 0.3 is 0 Å². The molecule has 0 fully saturated rings. The van der Waals surface area contributed by atoms with Gasteiger partial charge in [-0.15, -0.1) is 0 Å². The minimum absolute atomic E-state index is 0.755. The molecule has 0 aliphatic rings. The lowest BCUT2D eigenvalue weighted by Crippen LogP contribution is -2.30. The molecule has 0 unspecified atom stereocenters. The molecular weight excluding hydrogens is 160 g/mol. The summed E-state index contributed by atoms with van der Waals surface area (Å²) in [6.45, 7) is 9.52. The van der Waals surface area contributed by atoms with Crippen molar-refractivity contribution in [2.75, 3.05) is 0 Å². The van der Waals surface area contributed by atoms with Crippen LogP contribution in [0.5, 0.6) is 0 Å². The van der Waals surface area contributed by atoms with Crippen LogP contribution in [-0.2, 0) is 0 Å². The number of hydrogen-bond donors (Lipinski definition) is 0. The molecule has 0 aromatic heterocycles. The minimum Gasteiger partial charge on any atom is -0.0678 e. The second-order valence-electron chi connectivity index (χ2n) is 4.02. The van der Waals surface area contributed by atoms with Crippen LogP contribution in [0.4, 0.5) is 0 Å². The van der Waals surface area contributed by atoms with Gasteiger partial charge in [-0.1, -0.05) is 71.1 Å². The monoisotopic (exact) mass is 186 g/mol. The van der Waals surface area contributed by atoms with Crippen molar-refractivity contribution in [1.29, 1.82) is 0 Å². The number of unbranched alkanes of at least 4 members (excludes halogenated alkanes) is 2. The zero-order valence-corrected chi connectivity index (χ0v) is 10.4. The van der Waals surface area contributed by atoms with Gasteiger partial charge in [-0.25, -0.2) is 0 Å². The van der Waals surface area contributed by atoms with Crippen molar-refractivity contribution in [3.05, 3.63) is 0 Å². The van der Waals surface area contributed by atoms with Crippen LogP contribution >= 0.6 is 0 Å². The number of hydrogen-bond acceptors (Lipinski definition) is 0. The summed E-state index contributed by atoms with van der Waals surface area (Å²) in [6, 6.07) is 6.10. The van der Waals surface area contributed by atoms with Gasteiger partial charge < -0.3 is 0 Å². The second kappa shape index (κ2) is 6.70. The zero-order valence-electron chi connectivity index (χ0n) is 9.45. The largest absolute Gasteiger partial charge is 0.0678 e. The summed E-state index contributed by atoms with van der Waals surface area (Å²) in [4.78, 5) is 0. The summed E-state index contributed by atoms with van der Waals surface area (Å²) in [5, 5.41) is 0. The van der Waals surface area contributed by atoms with E-state index in [1.165, 1.54) is 37.4 Å². The first-order valence-electron chi connectivity index (χ1n) is 5.74. The molecule has 0 spiro atoms. The fourth-order valence-electron chi connectivity index (χ4n) is 2.03. The maximum absolute atomic E-state index is 2.41. The molecule has 0 bridgehead atoms. The molecule has 0 atom stereocenters. The molecule has 0 nitrogen and oxygen atoms in total. The third-order valence-electron chi connectivity index (χ3n) is 3.56. The van der Waals surface area contributed by atoms with Gasteiger partial charge in [0.05, 0.1) is 8.07 Å². The summed E-state index contributed by atoms with van der Waals surface area (Å²) in [6.07, 6.45) is 4.33. The van der Waals surface area contributed by atoms with Gasteiger partial charge in [-0.2, -0.15) is 0 Å². The van der Waals surface area contributed by atoms with E-state index in [0.29, 0.717) is 0 Å². The fourth-order valence-corrected chi connectivity index (χ4v) is 5.59. The van der Waals surface area contributed by atoms with Crippen LogP contribution in [0.15, 0.2) is 0 Å². The third kappa shape index (κ3) is 3.75. The zero-order chi connectivity index (χ0) is 9.45. The molecule has 0 aliphatic carbocycles. The highest BCUT2D eigenvalue weighted by Gasteiger charge is 2.25. The summed E-state index contributed by atoms with van der Waals surface area (Å²) in [5.41, 5.74) is 0.